The molecule has 134 valence electrons. The summed E-state index contributed by atoms with van der Waals surface area (Å²) in [4.78, 5) is 11.5. The Bertz CT molecular complexity index is 753. The van der Waals surface area contributed by atoms with Crippen LogP contribution in [0.3, 0.4) is 0 Å². The number of hydrogen-bond donors (Lipinski definition) is 1. The molecule has 4 nitrogen and oxygen atoms in total. The number of ether oxygens (including phenoxy) is 2. The summed E-state index contributed by atoms with van der Waals surface area (Å²) in [6.07, 6.45) is -0.292. The topological polar surface area (TPSA) is 47.6 Å². The standard InChI is InChI=1S/C18H18BrF2NO3/c1-3-12-7-8-15(11(2)9-12)24-10-13-5-4-6-14(19)16(13)22-18(23)25-17(20)21/h4-9,17H,3,10H2,1-2H3,(H,22,23). The fraction of sp³-hybridized carbons (Fsp3) is 0.278. The van der Waals surface area contributed by atoms with Crippen LogP contribution in [0.15, 0.2) is 40.9 Å². The zero-order valence-electron chi connectivity index (χ0n) is 13.8. The van der Waals surface area contributed by atoms with Crippen molar-refractivity contribution in [2.45, 2.75) is 33.5 Å². The van der Waals surface area contributed by atoms with Gasteiger partial charge in [-0.25, -0.2) is 4.79 Å². The molecule has 0 spiro atoms. The van der Waals surface area contributed by atoms with Crippen LogP contribution in [0.2, 0.25) is 0 Å². The van der Waals surface area contributed by atoms with E-state index in [9.17, 15) is 13.6 Å². The highest BCUT2D eigenvalue weighted by Gasteiger charge is 2.15. The van der Waals surface area contributed by atoms with Crippen LogP contribution >= 0.6 is 15.9 Å². The van der Waals surface area contributed by atoms with Crippen molar-refractivity contribution in [3.63, 3.8) is 0 Å². The van der Waals surface area contributed by atoms with Gasteiger partial charge in [0.25, 0.3) is 0 Å². The minimum absolute atomic E-state index is 0.163. The van der Waals surface area contributed by atoms with Gasteiger partial charge in [-0.15, -0.1) is 0 Å². The highest BCUT2D eigenvalue weighted by molar-refractivity contribution is 9.10. The van der Waals surface area contributed by atoms with Crippen molar-refractivity contribution in [1.29, 1.82) is 0 Å². The molecule has 2 rings (SSSR count). The monoisotopic (exact) mass is 413 g/mol. The Kier molecular flexibility index (Phi) is 6.75. The quantitative estimate of drug-likeness (QED) is 0.663. The van der Waals surface area contributed by atoms with Gasteiger partial charge in [-0.2, -0.15) is 8.78 Å². The van der Waals surface area contributed by atoms with Crippen LogP contribution in [0.25, 0.3) is 0 Å². The van der Waals surface area contributed by atoms with Crippen molar-refractivity contribution in [3.8, 4) is 5.75 Å². The van der Waals surface area contributed by atoms with Gasteiger partial charge >= 0.3 is 12.7 Å². The van der Waals surface area contributed by atoms with Gasteiger partial charge in [0.15, 0.2) is 0 Å². The molecular weight excluding hydrogens is 396 g/mol. The van der Waals surface area contributed by atoms with Crippen molar-refractivity contribution in [2.75, 3.05) is 5.32 Å². The summed E-state index contributed by atoms with van der Waals surface area (Å²) in [6.45, 7) is 1.01. The first-order valence-corrected chi connectivity index (χ1v) is 8.45. The van der Waals surface area contributed by atoms with Crippen molar-refractivity contribution in [3.05, 3.63) is 57.6 Å². The number of rotatable bonds is 6. The SMILES string of the molecule is CCc1ccc(OCc2cccc(Br)c2NC(=O)OC(F)F)c(C)c1. The molecule has 0 bridgehead atoms. The second kappa shape index (κ2) is 8.80. The molecule has 1 N–H and O–H groups in total. The van der Waals surface area contributed by atoms with Gasteiger partial charge in [-0.1, -0.05) is 31.2 Å². The molecule has 1 amide bonds. The Balaban J connectivity index is 2.14. The Labute approximate surface area is 153 Å². The Morgan fingerprint density at radius 1 is 1.28 bits per heavy atom. The number of carbonyl (C=O) groups is 1. The molecular formula is C18H18BrF2NO3. The van der Waals surface area contributed by atoms with Crippen LogP contribution in [-0.4, -0.2) is 12.7 Å². The highest BCUT2D eigenvalue weighted by atomic mass is 79.9. The number of carbonyl (C=O) groups excluding carboxylic acids is 1. The molecule has 0 fully saturated rings. The zero-order chi connectivity index (χ0) is 18.4. The minimum atomic E-state index is -3.18. The molecule has 0 aliphatic rings. The van der Waals surface area contributed by atoms with E-state index in [2.05, 4.69) is 39.0 Å². The zero-order valence-corrected chi connectivity index (χ0v) is 15.4. The van der Waals surface area contributed by atoms with Crippen molar-refractivity contribution < 1.29 is 23.0 Å². The van der Waals surface area contributed by atoms with Gasteiger partial charge in [0.2, 0.25) is 0 Å². The molecule has 0 aliphatic heterocycles. The fourth-order valence-electron chi connectivity index (χ4n) is 2.29. The lowest BCUT2D eigenvalue weighted by Crippen LogP contribution is -2.18. The maximum atomic E-state index is 12.1. The van der Waals surface area contributed by atoms with Gasteiger partial charge in [-0.05, 0) is 52.5 Å². The largest absolute Gasteiger partial charge is 0.489 e. The number of aryl methyl sites for hydroxylation is 2. The average Bonchev–Trinajstić information content (AvgIpc) is 2.55. The smallest absolute Gasteiger partial charge is 0.416 e. The molecule has 0 unspecified atom stereocenters. The summed E-state index contributed by atoms with van der Waals surface area (Å²) in [5.74, 6) is 0.721. The Hall–Kier alpha value is -2.15. The summed E-state index contributed by atoms with van der Waals surface area (Å²) in [6, 6.07) is 11.1. The van der Waals surface area contributed by atoms with E-state index < -0.39 is 12.7 Å². The van der Waals surface area contributed by atoms with E-state index in [1.807, 2.05) is 19.1 Å². The first-order chi connectivity index (χ1) is 11.9. The highest BCUT2D eigenvalue weighted by Crippen LogP contribution is 2.29. The molecule has 0 radical (unpaired) electrons. The van der Waals surface area contributed by atoms with Gasteiger partial charge in [0, 0.05) is 10.0 Å². The van der Waals surface area contributed by atoms with Crippen molar-refractivity contribution in [2.24, 2.45) is 0 Å². The maximum absolute atomic E-state index is 12.1. The second-order valence-corrected chi connectivity index (χ2v) is 6.16. The van der Waals surface area contributed by atoms with Crippen molar-refractivity contribution in [1.82, 2.24) is 0 Å². The van der Waals surface area contributed by atoms with Gasteiger partial charge < -0.3 is 9.47 Å². The number of halogens is 3. The Morgan fingerprint density at radius 3 is 2.68 bits per heavy atom. The second-order valence-electron chi connectivity index (χ2n) is 5.31. The maximum Gasteiger partial charge on any atom is 0.416 e. The number of benzene rings is 2. The van der Waals surface area contributed by atoms with Gasteiger partial charge in [0.1, 0.15) is 12.4 Å². The average molecular weight is 414 g/mol. The number of alkyl halides is 2. The van der Waals surface area contributed by atoms with E-state index in [1.165, 1.54) is 5.56 Å². The lowest BCUT2D eigenvalue weighted by molar-refractivity contribution is -0.0766. The number of hydrogen-bond acceptors (Lipinski definition) is 3. The third-order valence-electron chi connectivity index (χ3n) is 3.55. The Morgan fingerprint density at radius 2 is 2.04 bits per heavy atom. The molecule has 0 saturated carbocycles. The van der Waals surface area contributed by atoms with Gasteiger partial charge in [-0.3, -0.25) is 5.32 Å². The lowest BCUT2D eigenvalue weighted by Gasteiger charge is -2.15. The summed E-state index contributed by atoms with van der Waals surface area (Å²) in [5, 5.41) is 2.31. The number of anilines is 1. The normalized spacial score (nSPS) is 10.6. The van der Waals surface area contributed by atoms with E-state index in [0.29, 0.717) is 15.7 Å². The predicted molar refractivity (Wildman–Crippen MR) is 95.1 cm³/mol. The first kappa shape index (κ1) is 19.2. The summed E-state index contributed by atoms with van der Waals surface area (Å²) in [7, 11) is 0. The molecule has 0 saturated heterocycles. The van der Waals surface area contributed by atoms with Crippen molar-refractivity contribution >= 4 is 27.7 Å². The molecule has 2 aromatic carbocycles. The fourth-order valence-corrected chi connectivity index (χ4v) is 2.80. The van der Waals surface area contributed by atoms with Crippen LogP contribution in [-0.2, 0) is 17.8 Å². The lowest BCUT2D eigenvalue weighted by atomic mass is 10.1. The molecule has 25 heavy (non-hydrogen) atoms. The van der Waals surface area contributed by atoms with E-state index >= 15 is 0 Å². The molecule has 2 aromatic rings. The number of nitrogens with one attached hydrogen (secondary N) is 1. The first-order valence-electron chi connectivity index (χ1n) is 7.66. The van der Waals surface area contributed by atoms with Crippen LogP contribution < -0.4 is 10.1 Å². The molecule has 0 aromatic heterocycles. The third-order valence-corrected chi connectivity index (χ3v) is 4.21. The van der Waals surface area contributed by atoms with Crippen LogP contribution in [0.5, 0.6) is 5.75 Å². The van der Waals surface area contributed by atoms with Gasteiger partial charge in [0.05, 0.1) is 5.69 Å². The van der Waals surface area contributed by atoms with E-state index in [0.717, 1.165) is 17.7 Å². The van der Waals surface area contributed by atoms with E-state index in [-0.39, 0.29) is 6.61 Å². The molecule has 0 aliphatic carbocycles. The molecule has 0 atom stereocenters. The number of para-hydroxylation sites is 1. The summed E-state index contributed by atoms with van der Waals surface area (Å²) in [5.41, 5.74) is 3.17. The summed E-state index contributed by atoms with van der Waals surface area (Å²) < 4.78 is 34.5. The van der Waals surface area contributed by atoms with Crippen LogP contribution in [0, 0.1) is 6.92 Å². The van der Waals surface area contributed by atoms with Crippen LogP contribution in [0.1, 0.15) is 23.6 Å². The molecule has 7 heteroatoms. The molecule has 0 heterocycles. The minimum Gasteiger partial charge on any atom is -0.489 e. The third kappa shape index (κ3) is 5.42. The number of amides is 1. The van der Waals surface area contributed by atoms with E-state index in [4.69, 9.17) is 4.74 Å². The van der Waals surface area contributed by atoms with E-state index in [1.54, 1.807) is 18.2 Å². The summed E-state index contributed by atoms with van der Waals surface area (Å²) >= 11 is 3.29. The van der Waals surface area contributed by atoms with Crippen LogP contribution in [0.4, 0.5) is 19.3 Å². The predicted octanol–water partition coefficient (Wildman–Crippen LogP) is 5.67.